The Morgan fingerprint density at radius 2 is 1.77 bits per heavy atom. The zero-order valence-electron chi connectivity index (χ0n) is 11.4. The van der Waals surface area contributed by atoms with E-state index in [-0.39, 0.29) is 4.90 Å². The predicted octanol–water partition coefficient (Wildman–Crippen LogP) is 2.52. The van der Waals surface area contributed by atoms with Crippen molar-refractivity contribution in [3.63, 3.8) is 0 Å². The van der Waals surface area contributed by atoms with Crippen LogP contribution in [-0.4, -0.2) is 18.6 Å². The van der Waals surface area contributed by atoms with Crippen molar-refractivity contribution in [3.05, 3.63) is 60.8 Å². The molecule has 2 aromatic carbocycles. The maximum absolute atomic E-state index is 11.8. The van der Waals surface area contributed by atoms with E-state index < -0.39 is 10.0 Å². The van der Waals surface area contributed by atoms with Gasteiger partial charge in [0.1, 0.15) is 11.5 Å². The van der Waals surface area contributed by atoms with Gasteiger partial charge < -0.3 is 4.74 Å². The second-order valence-corrected chi connectivity index (χ2v) is 6.09. The fraction of sp³-hybridized carbons (Fsp3) is 0. The number of aromatic amines is 1. The number of hydrogen-bond donors (Lipinski definition) is 2. The number of sulfonamides is 1. The Balaban J connectivity index is 2.18. The molecule has 0 saturated carbocycles. The zero-order chi connectivity index (χ0) is 15.6. The number of aromatic nitrogens is 2. The number of benzene rings is 2. The second kappa shape index (κ2) is 5.63. The van der Waals surface area contributed by atoms with Crippen LogP contribution in [0.4, 0.5) is 0 Å². The zero-order valence-corrected chi connectivity index (χ0v) is 12.2. The number of primary sulfonamides is 1. The van der Waals surface area contributed by atoms with Gasteiger partial charge in [0.2, 0.25) is 10.0 Å². The summed E-state index contributed by atoms with van der Waals surface area (Å²) in [5.74, 6) is 0.969. The number of H-pyrrole nitrogens is 1. The Morgan fingerprint density at radius 1 is 1.00 bits per heavy atom. The lowest BCUT2D eigenvalue weighted by Crippen LogP contribution is -2.13. The van der Waals surface area contributed by atoms with Crippen molar-refractivity contribution in [2.24, 2.45) is 5.14 Å². The summed E-state index contributed by atoms with van der Waals surface area (Å²) in [5, 5.41) is 11.9. The summed E-state index contributed by atoms with van der Waals surface area (Å²) in [6.45, 7) is 0. The Labute approximate surface area is 127 Å². The molecule has 3 rings (SSSR count). The van der Waals surface area contributed by atoms with Crippen LogP contribution in [0, 0.1) is 0 Å². The number of rotatable bonds is 4. The normalized spacial score (nSPS) is 11.3. The summed E-state index contributed by atoms with van der Waals surface area (Å²) in [5.41, 5.74) is 0.863. The van der Waals surface area contributed by atoms with Crippen LogP contribution in [-0.2, 0) is 10.0 Å². The maximum Gasteiger partial charge on any atom is 0.238 e. The third-order valence-corrected chi connectivity index (χ3v) is 3.99. The first-order valence-electron chi connectivity index (χ1n) is 6.44. The number of hydrogen-bond acceptors (Lipinski definition) is 4. The molecular weight excluding hydrogens is 302 g/mol. The Bertz CT molecular complexity index is 876. The number of para-hydroxylation sites is 1. The van der Waals surface area contributed by atoms with Crippen molar-refractivity contribution in [3.8, 4) is 22.8 Å². The van der Waals surface area contributed by atoms with Crippen LogP contribution < -0.4 is 9.88 Å². The summed E-state index contributed by atoms with van der Waals surface area (Å²) in [4.78, 5) is -0.0230. The molecular formula is C15H13N3O3S. The molecule has 0 aliphatic heterocycles. The van der Waals surface area contributed by atoms with Crippen LogP contribution in [0.25, 0.3) is 11.3 Å². The molecule has 0 atom stereocenters. The number of ether oxygens (including phenoxy) is 1. The lowest BCUT2D eigenvalue weighted by atomic mass is 10.1. The summed E-state index contributed by atoms with van der Waals surface area (Å²) in [6, 6.07) is 15.4. The first-order chi connectivity index (χ1) is 10.6. The summed E-state index contributed by atoms with van der Waals surface area (Å²) in [6.07, 6.45) is 1.53. The van der Waals surface area contributed by atoms with Gasteiger partial charge in [-0.2, -0.15) is 5.10 Å². The standard InChI is InChI=1S/C15H13N3O3S/c16-22(19,20)14-8-4-7-13(15(14)12-9-10-17-18-12)21-11-5-2-1-3-6-11/h1-10H,(H,17,18)(H2,16,19,20). The van der Waals surface area contributed by atoms with E-state index in [1.165, 1.54) is 12.3 Å². The molecule has 0 amide bonds. The SMILES string of the molecule is NS(=O)(=O)c1cccc(Oc2ccccc2)c1-c1ccn[nH]1. The van der Waals surface area contributed by atoms with Crippen LogP contribution in [0.15, 0.2) is 65.7 Å². The fourth-order valence-electron chi connectivity index (χ4n) is 2.11. The van der Waals surface area contributed by atoms with Crippen LogP contribution >= 0.6 is 0 Å². The van der Waals surface area contributed by atoms with Crippen molar-refractivity contribution in [1.82, 2.24) is 10.2 Å². The molecule has 0 spiro atoms. The van der Waals surface area contributed by atoms with Crippen molar-refractivity contribution in [1.29, 1.82) is 0 Å². The summed E-state index contributed by atoms with van der Waals surface area (Å²) >= 11 is 0. The number of nitrogens with zero attached hydrogens (tertiary/aromatic N) is 1. The van der Waals surface area contributed by atoms with Gasteiger partial charge in [-0.05, 0) is 30.3 Å². The highest BCUT2D eigenvalue weighted by atomic mass is 32.2. The van der Waals surface area contributed by atoms with E-state index in [4.69, 9.17) is 9.88 Å². The van der Waals surface area contributed by atoms with Crippen LogP contribution in [0.3, 0.4) is 0 Å². The third kappa shape index (κ3) is 2.85. The third-order valence-electron chi connectivity index (χ3n) is 3.04. The van der Waals surface area contributed by atoms with E-state index in [0.29, 0.717) is 22.8 Å². The lowest BCUT2D eigenvalue weighted by molar-refractivity contribution is 0.482. The quantitative estimate of drug-likeness (QED) is 0.773. The molecule has 0 aliphatic carbocycles. The van der Waals surface area contributed by atoms with Gasteiger partial charge in [0.05, 0.1) is 16.2 Å². The molecule has 22 heavy (non-hydrogen) atoms. The summed E-state index contributed by atoms with van der Waals surface area (Å²) < 4.78 is 29.5. The highest BCUT2D eigenvalue weighted by Gasteiger charge is 2.20. The molecule has 1 aromatic heterocycles. The van der Waals surface area contributed by atoms with Gasteiger partial charge >= 0.3 is 0 Å². The van der Waals surface area contributed by atoms with Crippen molar-refractivity contribution < 1.29 is 13.2 Å². The first-order valence-corrected chi connectivity index (χ1v) is 7.99. The molecule has 7 heteroatoms. The smallest absolute Gasteiger partial charge is 0.238 e. The highest BCUT2D eigenvalue weighted by molar-refractivity contribution is 7.89. The topological polar surface area (TPSA) is 98.1 Å². The molecule has 1 heterocycles. The molecule has 0 unspecified atom stereocenters. The second-order valence-electron chi connectivity index (χ2n) is 4.56. The molecule has 0 fully saturated rings. The van der Waals surface area contributed by atoms with Gasteiger partial charge in [-0.25, -0.2) is 13.6 Å². The van der Waals surface area contributed by atoms with Crippen molar-refractivity contribution in [2.75, 3.05) is 0 Å². The fourth-order valence-corrected chi connectivity index (χ4v) is 2.87. The highest BCUT2D eigenvalue weighted by Crippen LogP contribution is 2.36. The van der Waals surface area contributed by atoms with Gasteiger partial charge in [0.25, 0.3) is 0 Å². The van der Waals surface area contributed by atoms with E-state index in [1.807, 2.05) is 18.2 Å². The Morgan fingerprint density at radius 3 is 2.41 bits per heavy atom. The van der Waals surface area contributed by atoms with Crippen molar-refractivity contribution >= 4 is 10.0 Å². The molecule has 0 radical (unpaired) electrons. The summed E-state index contributed by atoms with van der Waals surface area (Å²) in [7, 11) is -3.90. The Kier molecular flexibility index (Phi) is 3.66. The molecule has 0 aliphatic rings. The number of nitrogens with one attached hydrogen (secondary N) is 1. The molecule has 6 nitrogen and oxygen atoms in total. The first kappa shape index (κ1) is 14.3. The van der Waals surface area contributed by atoms with Crippen LogP contribution in [0.1, 0.15) is 0 Å². The van der Waals surface area contributed by atoms with Gasteiger partial charge in [-0.15, -0.1) is 0 Å². The van der Waals surface area contributed by atoms with Crippen LogP contribution in [0.2, 0.25) is 0 Å². The molecule has 3 N–H and O–H groups in total. The molecule has 0 bridgehead atoms. The number of nitrogens with two attached hydrogens (primary N) is 1. The molecule has 3 aromatic rings. The van der Waals surface area contributed by atoms with Gasteiger partial charge in [-0.1, -0.05) is 24.3 Å². The van der Waals surface area contributed by atoms with E-state index in [2.05, 4.69) is 10.2 Å². The minimum absolute atomic E-state index is 0.0230. The maximum atomic E-state index is 11.8. The largest absolute Gasteiger partial charge is 0.457 e. The predicted molar refractivity (Wildman–Crippen MR) is 81.9 cm³/mol. The monoisotopic (exact) mass is 315 g/mol. The average molecular weight is 315 g/mol. The van der Waals surface area contributed by atoms with Gasteiger partial charge in [0.15, 0.2) is 0 Å². The molecule has 112 valence electrons. The molecule has 0 saturated heterocycles. The minimum Gasteiger partial charge on any atom is -0.457 e. The van der Waals surface area contributed by atoms with Crippen molar-refractivity contribution in [2.45, 2.75) is 4.90 Å². The Hall–Kier alpha value is -2.64. The van der Waals surface area contributed by atoms with E-state index in [9.17, 15) is 8.42 Å². The van der Waals surface area contributed by atoms with E-state index >= 15 is 0 Å². The van der Waals surface area contributed by atoms with Crippen LogP contribution in [0.5, 0.6) is 11.5 Å². The van der Waals surface area contributed by atoms with E-state index in [0.717, 1.165) is 0 Å². The van der Waals surface area contributed by atoms with Gasteiger partial charge in [-0.3, -0.25) is 5.10 Å². The average Bonchev–Trinajstić information content (AvgIpc) is 3.01. The van der Waals surface area contributed by atoms with Gasteiger partial charge in [0, 0.05) is 6.20 Å². The lowest BCUT2D eigenvalue weighted by Gasteiger charge is -2.13. The van der Waals surface area contributed by atoms with E-state index in [1.54, 1.807) is 30.3 Å². The minimum atomic E-state index is -3.90.